The molecule has 1 aromatic carbocycles. The van der Waals surface area contributed by atoms with Gasteiger partial charge < -0.3 is 10.5 Å². The van der Waals surface area contributed by atoms with Crippen LogP contribution in [-0.2, 0) is 17.9 Å². The van der Waals surface area contributed by atoms with Crippen molar-refractivity contribution in [1.29, 1.82) is 0 Å². The third-order valence-electron chi connectivity index (χ3n) is 3.61. The molecule has 2 rings (SSSR count). The lowest BCUT2D eigenvalue weighted by Crippen LogP contribution is -2.31. The normalized spacial score (nSPS) is 12.6. The molecule has 4 heteroatoms. The number of likely N-dealkylation sites (N-methyl/N-ethyl adjacent to an activating group) is 1. The van der Waals surface area contributed by atoms with E-state index in [1.807, 2.05) is 36.5 Å². The fourth-order valence-corrected chi connectivity index (χ4v) is 2.55. The van der Waals surface area contributed by atoms with Crippen LogP contribution in [-0.4, -0.2) is 30.6 Å². The summed E-state index contributed by atoms with van der Waals surface area (Å²) >= 11 is 0. The lowest BCUT2D eigenvalue weighted by molar-refractivity contribution is 0.179. The van der Waals surface area contributed by atoms with E-state index in [1.54, 1.807) is 7.11 Å². The Morgan fingerprint density at radius 3 is 2.62 bits per heavy atom. The van der Waals surface area contributed by atoms with E-state index in [2.05, 4.69) is 29.1 Å². The summed E-state index contributed by atoms with van der Waals surface area (Å²) in [6.07, 6.45) is 1.82. The van der Waals surface area contributed by atoms with Crippen molar-refractivity contribution in [3.05, 3.63) is 65.5 Å². The van der Waals surface area contributed by atoms with E-state index >= 15 is 0 Å². The quantitative estimate of drug-likeness (QED) is 0.848. The molecule has 1 atom stereocenters. The average molecular weight is 285 g/mol. The second kappa shape index (κ2) is 7.88. The summed E-state index contributed by atoms with van der Waals surface area (Å²) in [6.45, 7) is 1.93. The van der Waals surface area contributed by atoms with E-state index in [9.17, 15) is 0 Å². The molecule has 0 fully saturated rings. The van der Waals surface area contributed by atoms with Crippen molar-refractivity contribution in [2.24, 2.45) is 5.73 Å². The monoisotopic (exact) mass is 285 g/mol. The molecule has 2 N–H and O–H groups in total. The first kappa shape index (κ1) is 15.6. The Morgan fingerprint density at radius 2 is 1.95 bits per heavy atom. The predicted molar refractivity (Wildman–Crippen MR) is 84.7 cm³/mol. The lowest BCUT2D eigenvalue weighted by Gasteiger charge is -2.28. The number of hydrogen-bond acceptors (Lipinski definition) is 4. The summed E-state index contributed by atoms with van der Waals surface area (Å²) in [6, 6.07) is 14.4. The van der Waals surface area contributed by atoms with Crippen molar-refractivity contribution < 1.29 is 4.74 Å². The zero-order chi connectivity index (χ0) is 15.1. The number of benzene rings is 1. The van der Waals surface area contributed by atoms with Crippen LogP contribution in [0, 0.1) is 0 Å². The van der Waals surface area contributed by atoms with Crippen LogP contribution < -0.4 is 5.73 Å². The van der Waals surface area contributed by atoms with Crippen molar-refractivity contribution in [2.75, 3.05) is 20.7 Å². The summed E-state index contributed by atoms with van der Waals surface area (Å²) in [5.41, 5.74) is 9.47. The van der Waals surface area contributed by atoms with E-state index < -0.39 is 0 Å². The zero-order valence-corrected chi connectivity index (χ0v) is 12.7. The molecule has 0 spiro atoms. The maximum atomic E-state index is 6.02. The minimum absolute atomic E-state index is 0.151. The van der Waals surface area contributed by atoms with Crippen LogP contribution in [0.1, 0.15) is 22.9 Å². The number of ether oxygens (including phenoxy) is 1. The molecule has 0 radical (unpaired) electrons. The van der Waals surface area contributed by atoms with Crippen LogP contribution in [0.15, 0.2) is 48.7 Å². The molecule has 112 valence electrons. The molecule has 0 amide bonds. The molecule has 1 unspecified atom stereocenters. The first-order chi connectivity index (χ1) is 10.3. The molecule has 0 bridgehead atoms. The molecular formula is C17H23N3O. The molecule has 0 saturated heterocycles. The van der Waals surface area contributed by atoms with Crippen molar-refractivity contribution in [2.45, 2.75) is 19.2 Å². The predicted octanol–water partition coefficient (Wildman–Crippen LogP) is 2.36. The molecule has 21 heavy (non-hydrogen) atoms. The average Bonchev–Trinajstić information content (AvgIpc) is 2.51. The van der Waals surface area contributed by atoms with Crippen LogP contribution in [0.3, 0.4) is 0 Å². The number of hydrogen-bond donors (Lipinski definition) is 1. The van der Waals surface area contributed by atoms with Gasteiger partial charge in [-0.25, -0.2) is 0 Å². The number of nitrogens with two attached hydrogens (primary N) is 1. The number of aromatic nitrogens is 1. The van der Waals surface area contributed by atoms with Gasteiger partial charge in [0, 0.05) is 32.4 Å². The van der Waals surface area contributed by atoms with E-state index in [0.717, 1.165) is 12.2 Å². The number of rotatable bonds is 7. The van der Waals surface area contributed by atoms with E-state index in [4.69, 9.17) is 10.5 Å². The third-order valence-corrected chi connectivity index (χ3v) is 3.61. The summed E-state index contributed by atoms with van der Waals surface area (Å²) in [4.78, 5) is 6.61. The highest BCUT2D eigenvalue weighted by Crippen LogP contribution is 2.24. The molecule has 4 nitrogen and oxygen atoms in total. The highest BCUT2D eigenvalue weighted by atomic mass is 16.5. The lowest BCUT2D eigenvalue weighted by atomic mass is 9.99. The van der Waals surface area contributed by atoms with Gasteiger partial charge in [0.05, 0.1) is 12.3 Å². The fraction of sp³-hybridized carbons (Fsp3) is 0.353. The van der Waals surface area contributed by atoms with Gasteiger partial charge in [-0.1, -0.05) is 30.3 Å². The molecule has 2 aromatic rings. The van der Waals surface area contributed by atoms with Crippen LogP contribution in [0.25, 0.3) is 0 Å². The van der Waals surface area contributed by atoms with Crippen molar-refractivity contribution >= 4 is 0 Å². The number of methoxy groups -OCH3 is 1. The highest BCUT2D eigenvalue weighted by Gasteiger charge is 2.18. The van der Waals surface area contributed by atoms with Gasteiger partial charge in [-0.2, -0.15) is 0 Å². The first-order valence-corrected chi connectivity index (χ1v) is 7.13. The van der Waals surface area contributed by atoms with Crippen LogP contribution in [0.5, 0.6) is 0 Å². The second-order valence-electron chi connectivity index (χ2n) is 5.12. The largest absolute Gasteiger partial charge is 0.380 e. The molecule has 1 heterocycles. The van der Waals surface area contributed by atoms with Gasteiger partial charge in [-0.05, 0) is 30.3 Å². The van der Waals surface area contributed by atoms with E-state index in [1.165, 1.54) is 11.1 Å². The Morgan fingerprint density at radius 1 is 1.19 bits per heavy atom. The molecule has 0 aliphatic heterocycles. The van der Waals surface area contributed by atoms with E-state index in [0.29, 0.717) is 13.2 Å². The van der Waals surface area contributed by atoms with Crippen LogP contribution >= 0.6 is 0 Å². The fourth-order valence-electron chi connectivity index (χ4n) is 2.55. The Kier molecular flexibility index (Phi) is 5.87. The minimum atomic E-state index is 0.151. The minimum Gasteiger partial charge on any atom is -0.380 e. The van der Waals surface area contributed by atoms with Crippen molar-refractivity contribution in [3.63, 3.8) is 0 Å². The van der Waals surface area contributed by atoms with Gasteiger partial charge in [-0.3, -0.25) is 9.88 Å². The standard InChI is InChI=1S/C17H23N3O/c1-20(12-15-8-5-6-10-19-15)17(11-18)16-9-4-3-7-14(16)13-21-2/h3-10,17H,11-13,18H2,1-2H3. The van der Waals surface area contributed by atoms with Gasteiger partial charge in [0.2, 0.25) is 0 Å². The second-order valence-corrected chi connectivity index (χ2v) is 5.12. The zero-order valence-electron chi connectivity index (χ0n) is 12.7. The summed E-state index contributed by atoms with van der Waals surface area (Å²) in [5.74, 6) is 0. The first-order valence-electron chi connectivity index (χ1n) is 7.13. The van der Waals surface area contributed by atoms with Crippen molar-refractivity contribution in [1.82, 2.24) is 9.88 Å². The topological polar surface area (TPSA) is 51.4 Å². The summed E-state index contributed by atoms with van der Waals surface area (Å²) < 4.78 is 5.29. The SMILES string of the molecule is COCc1ccccc1C(CN)N(C)Cc1ccccn1. The van der Waals surface area contributed by atoms with Crippen LogP contribution in [0.4, 0.5) is 0 Å². The van der Waals surface area contributed by atoms with Gasteiger partial charge in [0.25, 0.3) is 0 Å². The number of pyridine rings is 1. The Bertz CT molecular complexity index is 545. The molecule has 0 aliphatic rings. The molecule has 1 aromatic heterocycles. The smallest absolute Gasteiger partial charge is 0.0716 e. The Hall–Kier alpha value is -1.75. The highest BCUT2D eigenvalue weighted by molar-refractivity contribution is 5.30. The maximum absolute atomic E-state index is 6.02. The number of nitrogens with zero attached hydrogens (tertiary/aromatic N) is 2. The van der Waals surface area contributed by atoms with Gasteiger partial charge in [0.15, 0.2) is 0 Å². The molecular weight excluding hydrogens is 262 g/mol. The third kappa shape index (κ3) is 4.11. The Balaban J connectivity index is 2.19. The molecule has 0 aliphatic carbocycles. The molecule has 0 saturated carbocycles. The summed E-state index contributed by atoms with van der Waals surface area (Å²) in [5, 5.41) is 0. The van der Waals surface area contributed by atoms with Crippen molar-refractivity contribution in [3.8, 4) is 0 Å². The van der Waals surface area contributed by atoms with Crippen LogP contribution in [0.2, 0.25) is 0 Å². The maximum Gasteiger partial charge on any atom is 0.0716 e. The van der Waals surface area contributed by atoms with Gasteiger partial charge >= 0.3 is 0 Å². The summed E-state index contributed by atoms with van der Waals surface area (Å²) in [7, 11) is 3.79. The Labute approximate surface area is 126 Å². The van der Waals surface area contributed by atoms with Gasteiger partial charge in [0.1, 0.15) is 0 Å². The van der Waals surface area contributed by atoms with Gasteiger partial charge in [-0.15, -0.1) is 0 Å². The van der Waals surface area contributed by atoms with E-state index in [-0.39, 0.29) is 6.04 Å².